The molecule has 1 aliphatic heterocycles. The van der Waals surface area contributed by atoms with Gasteiger partial charge in [-0.25, -0.2) is 0 Å². The van der Waals surface area contributed by atoms with E-state index in [0.29, 0.717) is 28.8 Å². The predicted octanol–water partition coefficient (Wildman–Crippen LogP) is 2.49. The Morgan fingerprint density at radius 1 is 1.35 bits per heavy atom. The number of benzene rings is 1. The number of anilines is 1. The van der Waals surface area contributed by atoms with Crippen molar-refractivity contribution >= 4 is 35.6 Å². The maximum Gasteiger partial charge on any atom is 0.238 e. The smallest absolute Gasteiger partial charge is 0.238 e. The summed E-state index contributed by atoms with van der Waals surface area (Å²) in [7, 11) is 3.03. The fourth-order valence-electron chi connectivity index (χ4n) is 2.30. The summed E-state index contributed by atoms with van der Waals surface area (Å²) in [6.45, 7) is 1.68. The standard InChI is InChI=1S/C15H21ClN2O4.ClH/c1-20-13-7-12(14(21-2)6-11(13)16)18-15(19)9-17-8-10-4-3-5-22-10;/h6-7,10,17H,3-5,8-9H2,1-2H3,(H,18,19);1H. The number of halogens is 2. The summed E-state index contributed by atoms with van der Waals surface area (Å²) in [6, 6.07) is 3.24. The minimum atomic E-state index is -0.166. The van der Waals surface area contributed by atoms with Crippen LogP contribution in [0.2, 0.25) is 5.02 Å². The van der Waals surface area contributed by atoms with Crippen molar-refractivity contribution in [3.63, 3.8) is 0 Å². The lowest BCUT2D eigenvalue weighted by molar-refractivity contribution is -0.115. The first-order valence-electron chi connectivity index (χ1n) is 7.17. The van der Waals surface area contributed by atoms with Gasteiger partial charge in [-0.15, -0.1) is 12.4 Å². The van der Waals surface area contributed by atoms with Gasteiger partial charge < -0.3 is 24.8 Å². The Kier molecular flexibility index (Phi) is 8.47. The largest absolute Gasteiger partial charge is 0.495 e. The molecular formula is C15H22Cl2N2O4. The van der Waals surface area contributed by atoms with E-state index < -0.39 is 0 Å². The van der Waals surface area contributed by atoms with Crippen molar-refractivity contribution in [1.29, 1.82) is 0 Å². The zero-order chi connectivity index (χ0) is 15.9. The lowest BCUT2D eigenvalue weighted by atomic mass is 10.2. The molecule has 23 heavy (non-hydrogen) atoms. The van der Waals surface area contributed by atoms with E-state index >= 15 is 0 Å². The van der Waals surface area contributed by atoms with Gasteiger partial charge in [-0.05, 0) is 12.8 Å². The summed E-state index contributed by atoms with van der Waals surface area (Å²) in [4.78, 5) is 12.0. The molecule has 0 bridgehead atoms. The average molecular weight is 365 g/mol. The monoisotopic (exact) mass is 364 g/mol. The Labute approximate surface area is 147 Å². The van der Waals surface area contributed by atoms with Crippen LogP contribution in [0.3, 0.4) is 0 Å². The van der Waals surface area contributed by atoms with E-state index in [4.69, 9.17) is 25.8 Å². The molecule has 1 heterocycles. The van der Waals surface area contributed by atoms with Gasteiger partial charge in [-0.3, -0.25) is 4.79 Å². The molecule has 1 aromatic rings. The zero-order valence-electron chi connectivity index (χ0n) is 13.2. The van der Waals surface area contributed by atoms with Gasteiger partial charge in [0.05, 0.1) is 37.6 Å². The van der Waals surface area contributed by atoms with Crippen molar-refractivity contribution in [3.8, 4) is 11.5 Å². The highest BCUT2D eigenvalue weighted by Gasteiger charge is 2.16. The molecule has 1 aromatic carbocycles. The molecule has 1 fully saturated rings. The molecule has 0 spiro atoms. The normalized spacial score (nSPS) is 16.6. The lowest BCUT2D eigenvalue weighted by Gasteiger charge is -2.14. The molecule has 8 heteroatoms. The van der Waals surface area contributed by atoms with Crippen LogP contribution in [-0.2, 0) is 9.53 Å². The van der Waals surface area contributed by atoms with Gasteiger partial charge in [0.25, 0.3) is 0 Å². The second kappa shape index (κ2) is 9.82. The van der Waals surface area contributed by atoms with E-state index in [9.17, 15) is 4.79 Å². The average Bonchev–Trinajstić information content (AvgIpc) is 3.01. The van der Waals surface area contributed by atoms with Crippen LogP contribution in [0, 0.1) is 0 Å². The molecule has 1 saturated heterocycles. The van der Waals surface area contributed by atoms with E-state index in [1.165, 1.54) is 14.2 Å². The number of methoxy groups -OCH3 is 2. The fourth-order valence-corrected chi connectivity index (χ4v) is 2.54. The molecule has 6 nitrogen and oxygen atoms in total. The van der Waals surface area contributed by atoms with Gasteiger partial charge in [-0.1, -0.05) is 11.6 Å². The van der Waals surface area contributed by atoms with Crippen LogP contribution in [0.25, 0.3) is 0 Å². The van der Waals surface area contributed by atoms with Crippen LogP contribution in [0.1, 0.15) is 12.8 Å². The quantitative estimate of drug-likeness (QED) is 0.777. The fraction of sp³-hybridized carbons (Fsp3) is 0.533. The van der Waals surface area contributed by atoms with Crippen LogP contribution in [0.4, 0.5) is 5.69 Å². The number of rotatable bonds is 7. The highest BCUT2D eigenvalue weighted by atomic mass is 35.5. The van der Waals surface area contributed by atoms with Crippen molar-refractivity contribution in [3.05, 3.63) is 17.2 Å². The van der Waals surface area contributed by atoms with Crippen molar-refractivity contribution in [1.82, 2.24) is 5.32 Å². The second-order valence-corrected chi connectivity index (χ2v) is 5.41. The zero-order valence-corrected chi connectivity index (χ0v) is 14.8. The molecule has 2 N–H and O–H groups in total. The molecule has 2 rings (SSSR count). The summed E-state index contributed by atoms with van der Waals surface area (Å²) < 4.78 is 15.8. The third-order valence-electron chi connectivity index (χ3n) is 3.43. The Hall–Kier alpha value is -1.21. The third-order valence-corrected chi connectivity index (χ3v) is 3.72. The minimum Gasteiger partial charge on any atom is -0.495 e. The predicted molar refractivity (Wildman–Crippen MR) is 92.3 cm³/mol. The van der Waals surface area contributed by atoms with E-state index in [1.54, 1.807) is 12.1 Å². The number of carbonyl (C=O) groups excluding carboxylic acids is 1. The molecule has 0 aliphatic carbocycles. The van der Waals surface area contributed by atoms with Crippen molar-refractivity contribution in [2.45, 2.75) is 18.9 Å². The van der Waals surface area contributed by atoms with Crippen molar-refractivity contribution in [2.75, 3.05) is 39.2 Å². The molecule has 0 radical (unpaired) electrons. The Morgan fingerprint density at radius 2 is 2.09 bits per heavy atom. The highest BCUT2D eigenvalue weighted by molar-refractivity contribution is 6.32. The highest BCUT2D eigenvalue weighted by Crippen LogP contribution is 2.35. The number of hydrogen-bond acceptors (Lipinski definition) is 5. The summed E-state index contributed by atoms with van der Waals surface area (Å²) in [5, 5.41) is 6.30. The molecule has 1 atom stereocenters. The maximum absolute atomic E-state index is 12.0. The molecule has 1 aliphatic rings. The Morgan fingerprint density at radius 3 is 2.70 bits per heavy atom. The van der Waals surface area contributed by atoms with Crippen LogP contribution in [-0.4, -0.2) is 45.9 Å². The lowest BCUT2D eigenvalue weighted by Crippen LogP contribution is -2.33. The summed E-state index contributed by atoms with van der Waals surface area (Å²) in [6.07, 6.45) is 2.33. The van der Waals surface area contributed by atoms with Crippen molar-refractivity contribution in [2.24, 2.45) is 0 Å². The third kappa shape index (κ3) is 5.73. The maximum atomic E-state index is 12.0. The number of ether oxygens (including phenoxy) is 3. The number of amides is 1. The van der Waals surface area contributed by atoms with Crippen LogP contribution < -0.4 is 20.1 Å². The SMILES string of the molecule is COc1cc(NC(=O)CNCC2CCCO2)c(OC)cc1Cl.Cl. The van der Waals surface area contributed by atoms with Gasteiger partial charge in [0.2, 0.25) is 5.91 Å². The van der Waals surface area contributed by atoms with Gasteiger partial charge >= 0.3 is 0 Å². The number of hydrogen-bond donors (Lipinski definition) is 2. The molecule has 0 aromatic heterocycles. The first kappa shape index (κ1) is 19.8. The van der Waals surface area contributed by atoms with Gasteiger partial charge in [0.15, 0.2) is 0 Å². The summed E-state index contributed by atoms with van der Waals surface area (Å²) in [5.41, 5.74) is 0.521. The van der Waals surface area contributed by atoms with Crippen molar-refractivity contribution < 1.29 is 19.0 Å². The summed E-state index contributed by atoms with van der Waals surface area (Å²) in [5.74, 6) is 0.795. The Bertz CT molecular complexity index is 522. The first-order valence-corrected chi connectivity index (χ1v) is 7.55. The van der Waals surface area contributed by atoms with E-state index in [1.807, 2.05) is 0 Å². The van der Waals surface area contributed by atoms with Gasteiger partial charge in [0, 0.05) is 25.3 Å². The van der Waals surface area contributed by atoms with Crippen LogP contribution in [0.15, 0.2) is 12.1 Å². The molecule has 1 unspecified atom stereocenters. The minimum absolute atomic E-state index is 0. The molecule has 0 saturated carbocycles. The van der Waals surface area contributed by atoms with E-state index in [2.05, 4.69) is 10.6 Å². The van der Waals surface area contributed by atoms with E-state index in [-0.39, 0.29) is 31.0 Å². The Balaban J connectivity index is 0.00000264. The van der Waals surface area contributed by atoms with Crippen LogP contribution >= 0.6 is 24.0 Å². The first-order chi connectivity index (χ1) is 10.6. The number of carbonyl (C=O) groups is 1. The molecule has 130 valence electrons. The topological polar surface area (TPSA) is 68.8 Å². The second-order valence-electron chi connectivity index (χ2n) is 5.00. The molecular weight excluding hydrogens is 343 g/mol. The van der Waals surface area contributed by atoms with E-state index in [0.717, 1.165) is 19.4 Å². The van der Waals surface area contributed by atoms with Gasteiger partial charge in [0.1, 0.15) is 11.5 Å². The number of nitrogens with one attached hydrogen (secondary N) is 2. The summed E-state index contributed by atoms with van der Waals surface area (Å²) >= 11 is 6.03. The molecule has 1 amide bonds. The van der Waals surface area contributed by atoms with Crippen LogP contribution in [0.5, 0.6) is 11.5 Å². The van der Waals surface area contributed by atoms with Gasteiger partial charge in [-0.2, -0.15) is 0 Å².